The Labute approximate surface area is 155 Å². The molecule has 0 bridgehead atoms. The lowest BCUT2D eigenvalue weighted by Crippen LogP contribution is -2.18. The van der Waals surface area contributed by atoms with Crippen LogP contribution in [0.25, 0.3) is 0 Å². The molecule has 25 heavy (non-hydrogen) atoms. The number of halogens is 1. The fourth-order valence-electron chi connectivity index (χ4n) is 3.00. The quantitative estimate of drug-likeness (QED) is 0.824. The highest BCUT2D eigenvalue weighted by Crippen LogP contribution is 2.38. The number of fused-ring (bicyclic) bond motifs is 1. The van der Waals surface area contributed by atoms with Gasteiger partial charge >= 0.3 is 0 Å². The molecule has 2 amide bonds. The minimum atomic E-state index is -0.501. The number of nitrogens with two attached hydrogens (primary N) is 1. The minimum Gasteiger partial charge on any atom is -0.492 e. The molecular weight excluding hydrogens is 360 g/mol. The zero-order chi connectivity index (χ0) is 18.0. The van der Waals surface area contributed by atoms with Crippen LogP contribution in [0.2, 0.25) is 5.02 Å². The van der Waals surface area contributed by atoms with Crippen LogP contribution in [0, 0.1) is 0 Å². The first-order valence-corrected chi connectivity index (χ1v) is 9.38. The maximum absolute atomic E-state index is 12.6. The van der Waals surface area contributed by atoms with Crippen LogP contribution in [0.1, 0.15) is 50.9 Å². The average Bonchev–Trinajstić information content (AvgIpc) is 2.94. The van der Waals surface area contributed by atoms with Crippen LogP contribution in [-0.4, -0.2) is 18.4 Å². The number of carbonyl (C=O) groups is 2. The van der Waals surface area contributed by atoms with E-state index in [9.17, 15) is 9.59 Å². The maximum Gasteiger partial charge on any atom is 0.256 e. The Hall–Kier alpha value is -2.05. The van der Waals surface area contributed by atoms with E-state index in [1.165, 1.54) is 11.3 Å². The van der Waals surface area contributed by atoms with E-state index in [4.69, 9.17) is 22.1 Å². The van der Waals surface area contributed by atoms with Crippen molar-refractivity contribution in [2.45, 2.75) is 32.6 Å². The van der Waals surface area contributed by atoms with Gasteiger partial charge < -0.3 is 15.8 Å². The Kier molecular flexibility index (Phi) is 5.30. The Bertz CT molecular complexity index is 832. The van der Waals surface area contributed by atoms with Gasteiger partial charge in [-0.1, -0.05) is 11.6 Å². The highest BCUT2D eigenvalue weighted by molar-refractivity contribution is 7.17. The number of nitrogens with one attached hydrogen (secondary N) is 1. The molecule has 0 fully saturated rings. The Morgan fingerprint density at radius 1 is 1.32 bits per heavy atom. The van der Waals surface area contributed by atoms with E-state index in [1.54, 1.807) is 18.2 Å². The molecule has 3 rings (SSSR count). The molecule has 1 aromatic heterocycles. The van der Waals surface area contributed by atoms with E-state index in [0.717, 1.165) is 36.1 Å². The van der Waals surface area contributed by atoms with E-state index in [1.807, 2.05) is 6.92 Å². The first-order chi connectivity index (χ1) is 12.0. The fraction of sp³-hybridized carbons (Fsp3) is 0.333. The van der Waals surface area contributed by atoms with Gasteiger partial charge in [0.2, 0.25) is 0 Å². The molecule has 1 heterocycles. The van der Waals surface area contributed by atoms with Gasteiger partial charge in [0, 0.05) is 10.4 Å². The van der Waals surface area contributed by atoms with Gasteiger partial charge in [0.25, 0.3) is 11.8 Å². The molecule has 0 unspecified atom stereocenters. The molecule has 1 aliphatic rings. The Morgan fingerprint density at radius 2 is 2.08 bits per heavy atom. The lowest BCUT2D eigenvalue weighted by Gasteiger charge is -2.11. The first kappa shape index (κ1) is 17.8. The van der Waals surface area contributed by atoms with Crippen LogP contribution in [-0.2, 0) is 12.8 Å². The minimum absolute atomic E-state index is 0.328. The van der Waals surface area contributed by atoms with E-state index in [-0.39, 0.29) is 5.91 Å². The third-order valence-electron chi connectivity index (χ3n) is 4.14. The summed E-state index contributed by atoms with van der Waals surface area (Å²) in [6.07, 6.45) is 3.87. The number of aryl methyl sites for hydroxylation is 1. The van der Waals surface area contributed by atoms with Crippen LogP contribution in [0.3, 0.4) is 0 Å². The molecule has 0 aliphatic heterocycles. The summed E-state index contributed by atoms with van der Waals surface area (Å²) in [6, 6.07) is 4.86. The molecule has 5 nitrogen and oxygen atoms in total. The number of ether oxygens (including phenoxy) is 1. The van der Waals surface area contributed by atoms with Crippen molar-refractivity contribution in [3.63, 3.8) is 0 Å². The Balaban J connectivity index is 1.87. The number of hydrogen-bond acceptors (Lipinski definition) is 4. The monoisotopic (exact) mass is 378 g/mol. The predicted octanol–water partition coefficient (Wildman–Crippen LogP) is 4.03. The predicted molar refractivity (Wildman–Crippen MR) is 100 cm³/mol. The molecule has 0 atom stereocenters. The summed E-state index contributed by atoms with van der Waals surface area (Å²) in [4.78, 5) is 25.6. The highest BCUT2D eigenvalue weighted by Gasteiger charge is 2.25. The average molecular weight is 379 g/mol. The van der Waals surface area contributed by atoms with Crippen molar-refractivity contribution in [1.29, 1.82) is 0 Å². The van der Waals surface area contributed by atoms with Gasteiger partial charge in [-0.15, -0.1) is 11.3 Å². The zero-order valence-electron chi connectivity index (χ0n) is 13.9. The number of thiophene rings is 1. The van der Waals surface area contributed by atoms with Crippen LogP contribution >= 0.6 is 22.9 Å². The fourth-order valence-corrected chi connectivity index (χ4v) is 4.53. The van der Waals surface area contributed by atoms with Gasteiger partial charge in [0.1, 0.15) is 10.8 Å². The molecule has 132 valence electrons. The third-order valence-corrected chi connectivity index (χ3v) is 5.64. The summed E-state index contributed by atoms with van der Waals surface area (Å²) in [5.74, 6) is -0.296. The van der Waals surface area contributed by atoms with E-state index < -0.39 is 5.91 Å². The number of amides is 2. The van der Waals surface area contributed by atoms with Crippen LogP contribution < -0.4 is 15.8 Å². The maximum atomic E-state index is 12.6. The number of primary amides is 1. The molecule has 7 heteroatoms. The summed E-state index contributed by atoms with van der Waals surface area (Å²) in [5, 5.41) is 3.72. The molecular formula is C18H19ClN2O3S. The third kappa shape index (κ3) is 3.65. The number of carbonyl (C=O) groups excluding carboxylic acids is 2. The molecule has 0 radical (unpaired) electrons. The second-order valence-electron chi connectivity index (χ2n) is 5.81. The highest BCUT2D eigenvalue weighted by atomic mass is 35.5. The Morgan fingerprint density at radius 3 is 2.76 bits per heavy atom. The van der Waals surface area contributed by atoms with Gasteiger partial charge in [-0.3, -0.25) is 9.59 Å². The number of rotatable bonds is 5. The molecule has 2 aromatic rings. The standard InChI is InChI=1S/C18H19ClN2O3S/c1-2-24-13-8-7-10(9-12(13)19)17(23)21-18-15(16(20)22)11-5-3-4-6-14(11)25-18/h7-9H,2-6H2,1H3,(H2,20,22)(H,21,23). The first-order valence-electron chi connectivity index (χ1n) is 8.19. The van der Waals surface area contributed by atoms with Crippen molar-refractivity contribution < 1.29 is 14.3 Å². The second kappa shape index (κ2) is 7.45. The molecule has 1 aliphatic carbocycles. The number of hydrogen-bond donors (Lipinski definition) is 2. The van der Waals surface area contributed by atoms with Crippen molar-refractivity contribution in [3.8, 4) is 5.75 Å². The van der Waals surface area contributed by atoms with Crippen LogP contribution in [0.4, 0.5) is 5.00 Å². The summed E-state index contributed by atoms with van der Waals surface area (Å²) in [5.41, 5.74) is 7.39. The van der Waals surface area contributed by atoms with Gasteiger partial charge in [0.15, 0.2) is 0 Å². The van der Waals surface area contributed by atoms with Crippen LogP contribution in [0.5, 0.6) is 5.75 Å². The van der Waals surface area contributed by atoms with Gasteiger partial charge in [0.05, 0.1) is 17.2 Å². The number of anilines is 1. The van der Waals surface area contributed by atoms with Gasteiger partial charge in [-0.2, -0.15) is 0 Å². The van der Waals surface area contributed by atoms with Crippen molar-refractivity contribution >= 4 is 39.8 Å². The molecule has 0 saturated heterocycles. The van der Waals surface area contributed by atoms with Gasteiger partial charge in [-0.25, -0.2) is 0 Å². The van der Waals surface area contributed by atoms with Crippen molar-refractivity contribution in [2.24, 2.45) is 5.73 Å². The summed E-state index contributed by atoms with van der Waals surface area (Å²) in [7, 11) is 0. The normalized spacial score (nSPS) is 13.2. The lowest BCUT2D eigenvalue weighted by molar-refractivity contribution is 0.100. The SMILES string of the molecule is CCOc1ccc(C(=O)Nc2sc3c(c2C(N)=O)CCCC3)cc1Cl. The smallest absolute Gasteiger partial charge is 0.256 e. The van der Waals surface area contributed by atoms with Crippen LogP contribution in [0.15, 0.2) is 18.2 Å². The van der Waals surface area contributed by atoms with Crippen molar-refractivity contribution in [2.75, 3.05) is 11.9 Å². The molecule has 0 spiro atoms. The van der Waals surface area contributed by atoms with E-state index in [0.29, 0.717) is 33.5 Å². The van der Waals surface area contributed by atoms with E-state index >= 15 is 0 Å². The molecule has 3 N–H and O–H groups in total. The molecule has 0 saturated carbocycles. The summed E-state index contributed by atoms with van der Waals surface area (Å²) >= 11 is 7.58. The largest absolute Gasteiger partial charge is 0.492 e. The summed E-state index contributed by atoms with van der Waals surface area (Å²) < 4.78 is 5.37. The van der Waals surface area contributed by atoms with E-state index in [2.05, 4.69) is 5.32 Å². The van der Waals surface area contributed by atoms with Gasteiger partial charge in [-0.05, 0) is 56.4 Å². The lowest BCUT2D eigenvalue weighted by atomic mass is 9.95. The van der Waals surface area contributed by atoms with Crippen molar-refractivity contribution in [3.05, 3.63) is 44.8 Å². The second-order valence-corrected chi connectivity index (χ2v) is 7.32. The van der Waals surface area contributed by atoms with Crippen molar-refractivity contribution in [1.82, 2.24) is 0 Å². The summed E-state index contributed by atoms with van der Waals surface area (Å²) in [6.45, 7) is 2.36. The molecule has 1 aromatic carbocycles. The topological polar surface area (TPSA) is 81.4 Å². The zero-order valence-corrected chi connectivity index (χ0v) is 15.4. The number of benzene rings is 1.